The van der Waals surface area contributed by atoms with E-state index in [4.69, 9.17) is 0 Å². The van der Waals surface area contributed by atoms with Gasteiger partial charge in [-0.05, 0) is 50.6 Å². The van der Waals surface area contributed by atoms with Gasteiger partial charge in [0.2, 0.25) is 11.8 Å². The zero-order valence-electron chi connectivity index (χ0n) is 17.8. The van der Waals surface area contributed by atoms with E-state index in [0.717, 1.165) is 49.9 Å². The molecule has 0 bridgehead atoms. The van der Waals surface area contributed by atoms with Crippen molar-refractivity contribution in [1.29, 1.82) is 0 Å². The quantitative estimate of drug-likeness (QED) is 0.627. The number of halogens is 1. The summed E-state index contributed by atoms with van der Waals surface area (Å²) < 4.78 is 0. The molecule has 0 aliphatic carbocycles. The molecule has 2 N–H and O–H groups in total. The van der Waals surface area contributed by atoms with Gasteiger partial charge in [0.1, 0.15) is 6.04 Å². The van der Waals surface area contributed by atoms with Crippen LogP contribution in [0.5, 0.6) is 0 Å². The molecule has 172 valence electrons. The van der Waals surface area contributed by atoms with Crippen LogP contribution in [0.25, 0.3) is 0 Å². The SMILES string of the molecule is Cl.O=C1CCC(N2C(=O)c3ccc(N4CCN(C5CCNCC5)CC4)cc3C2=O)C(=O)N1. The summed E-state index contributed by atoms with van der Waals surface area (Å²) in [7, 11) is 0. The highest BCUT2D eigenvalue weighted by Crippen LogP contribution is 2.31. The van der Waals surface area contributed by atoms with Gasteiger partial charge in [0, 0.05) is 44.3 Å². The molecule has 9 nitrogen and oxygen atoms in total. The Morgan fingerprint density at radius 1 is 0.844 bits per heavy atom. The van der Waals surface area contributed by atoms with E-state index in [1.54, 1.807) is 12.1 Å². The van der Waals surface area contributed by atoms with Crippen molar-refractivity contribution in [2.75, 3.05) is 44.2 Å². The summed E-state index contributed by atoms with van der Waals surface area (Å²) in [4.78, 5) is 55.4. The van der Waals surface area contributed by atoms with Gasteiger partial charge in [-0.1, -0.05) is 0 Å². The standard InChI is InChI=1S/C22H27N5O4.ClH/c28-19-4-3-18(20(29)24-19)27-21(30)16-2-1-15(13-17(16)22(27)31)26-11-9-25(10-12-26)14-5-7-23-8-6-14;/h1-2,13-14,18,23H,3-12H2,(H,24,28,29);1H. The molecular weight excluding hydrogens is 434 g/mol. The number of benzene rings is 1. The molecule has 10 heteroatoms. The molecule has 4 aliphatic heterocycles. The van der Waals surface area contributed by atoms with Crippen LogP contribution in [-0.2, 0) is 9.59 Å². The van der Waals surface area contributed by atoms with E-state index in [2.05, 4.69) is 20.4 Å². The Kier molecular flexibility index (Phi) is 6.50. The van der Waals surface area contributed by atoms with Crippen molar-refractivity contribution in [3.05, 3.63) is 29.3 Å². The third-order valence-corrected chi connectivity index (χ3v) is 6.93. The van der Waals surface area contributed by atoms with Crippen LogP contribution in [-0.4, -0.2) is 84.8 Å². The third-order valence-electron chi connectivity index (χ3n) is 6.93. The van der Waals surface area contributed by atoms with Gasteiger partial charge in [-0.15, -0.1) is 12.4 Å². The van der Waals surface area contributed by atoms with Gasteiger partial charge in [-0.3, -0.25) is 34.3 Å². The molecule has 5 rings (SSSR count). The van der Waals surface area contributed by atoms with Gasteiger partial charge in [0.15, 0.2) is 0 Å². The summed E-state index contributed by atoms with van der Waals surface area (Å²) in [6.07, 6.45) is 2.66. The number of hydrogen-bond acceptors (Lipinski definition) is 7. The van der Waals surface area contributed by atoms with Gasteiger partial charge in [-0.2, -0.15) is 0 Å². The van der Waals surface area contributed by atoms with Crippen LogP contribution < -0.4 is 15.5 Å². The second-order valence-electron chi connectivity index (χ2n) is 8.68. The topological polar surface area (TPSA) is 102 Å². The molecule has 4 aliphatic rings. The fraction of sp³-hybridized carbons (Fsp3) is 0.545. The first kappa shape index (κ1) is 22.7. The van der Waals surface area contributed by atoms with Crippen molar-refractivity contribution in [2.45, 2.75) is 37.8 Å². The first-order chi connectivity index (χ1) is 15.0. The van der Waals surface area contributed by atoms with E-state index in [1.807, 2.05) is 6.07 Å². The molecule has 1 atom stereocenters. The molecule has 1 unspecified atom stereocenters. The van der Waals surface area contributed by atoms with Crippen molar-refractivity contribution in [3.8, 4) is 0 Å². The first-order valence-electron chi connectivity index (χ1n) is 11.1. The van der Waals surface area contributed by atoms with E-state index in [9.17, 15) is 19.2 Å². The number of nitrogens with one attached hydrogen (secondary N) is 2. The monoisotopic (exact) mass is 461 g/mol. The van der Waals surface area contributed by atoms with Crippen molar-refractivity contribution in [1.82, 2.24) is 20.4 Å². The maximum atomic E-state index is 13.0. The molecule has 1 aromatic rings. The molecule has 4 heterocycles. The molecule has 1 aromatic carbocycles. The van der Waals surface area contributed by atoms with Gasteiger partial charge in [-0.25, -0.2) is 0 Å². The Morgan fingerprint density at radius 2 is 1.53 bits per heavy atom. The average Bonchev–Trinajstić information content (AvgIpc) is 3.04. The number of carbonyl (C=O) groups is 4. The average molecular weight is 462 g/mol. The van der Waals surface area contributed by atoms with Crippen molar-refractivity contribution in [3.63, 3.8) is 0 Å². The van der Waals surface area contributed by atoms with Crippen LogP contribution in [0.3, 0.4) is 0 Å². The second kappa shape index (κ2) is 9.17. The van der Waals surface area contributed by atoms with Crippen LogP contribution in [0.4, 0.5) is 5.69 Å². The predicted molar refractivity (Wildman–Crippen MR) is 120 cm³/mol. The van der Waals surface area contributed by atoms with Gasteiger partial charge >= 0.3 is 0 Å². The minimum atomic E-state index is -0.929. The van der Waals surface area contributed by atoms with Crippen molar-refractivity contribution >= 4 is 41.7 Å². The van der Waals surface area contributed by atoms with Crippen LogP contribution in [0.15, 0.2) is 18.2 Å². The lowest BCUT2D eigenvalue weighted by Crippen LogP contribution is -2.54. The van der Waals surface area contributed by atoms with Gasteiger partial charge in [0.25, 0.3) is 11.8 Å². The summed E-state index contributed by atoms with van der Waals surface area (Å²) in [5.41, 5.74) is 1.59. The lowest BCUT2D eigenvalue weighted by atomic mass is 10.0. The Morgan fingerprint density at radius 3 is 2.22 bits per heavy atom. The Balaban J connectivity index is 0.00000245. The predicted octanol–water partition coefficient (Wildman–Crippen LogP) is 0.384. The zero-order valence-corrected chi connectivity index (χ0v) is 18.7. The van der Waals surface area contributed by atoms with Crippen LogP contribution in [0.2, 0.25) is 0 Å². The minimum Gasteiger partial charge on any atom is -0.369 e. The summed E-state index contributed by atoms with van der Waals surface area (Å²) in [5, 5.41) is 5.64. The fourth-order valence-corrected chi connectivity index (χ4v) is 5.17. The summed E-state index contributed by atoms with van der Waals surface area (Å²) in [6, 6.07) is 5.07. The number of imide groups is 2. The first-order valence-corrected chi connectivity index (χ1v) is 11.1. The molecule has 0 saturated carbocycles. The van der Waals surface area contributed by atoms with Gasteiger partial charge in [0.05, 0.1) is 11.1 Å². The highest BCUT2D eigenvalue weighted by atomic mass is 35.5. The number of piperazine rings is 1. The number of piperidine rings is 2. The molecule has 3 fully saturated rings. The smallest absolute Gasteiger partial charge is 0.262 e. The van der Waals surface area contributed by atoms with E-state index in [1.165, 1.54) is 12.8 Å². The normalized spacial score (nSPS) is 24.9. The molecule has 3 saturated heterocycles. The highest BCUT2D eigenvalue weighted by molar-refractivity contribution is 6.23. The molecular formula is C22H28ClN5O4. The zero-order chi connectivity index (χ0) is 21.5. The number of hydrogen-bond donors (Lipinski definition) is 2. The number of carbonyl (C=O) groups excluding carboxylic acids is 4. The fourth-order valence-electron chi connectivity index (χ4n) is 5.17. The maximum absolute atomic E-state index is 13.0. The number of nitrogens with zero attached hydrogens (tertiary/aromatic N) is 3. The molecule has 0 radical (unpaired) electrons. The lowest BCUT2D eigenvalue weighted by Gasteiger charge is -2.41. The van der Waals surface area contributed by atoms with E-state index >= 15 is 0 Å². The molecule has 0 aromatic heterocycles. The van der Waals surface area contributed by atoms with Crippen molar-refractivity contribution in [2.24, 2.45) is 0 Å². The summed E-state index contributed by atoms with van der Waals surface area (Å²) >= 11 is 0. The minimum absolute atomic E-state index is 0. The summed E-state index contributed by atoms with van der Waals surface area (Å²) in [5.74, 6) is -1.87. The number of anilines is 1. The molecule has 4 amide bonds. The van der Waals surface area contributed by atoms with E-state index in [0.29, 0.717) is 17.2 Å². The molecule has 32 heavy (non-hydrogen) atoms. The molecule has 0 spiro atoms. The third kappa shape index (κ3) is 4.00. The van der Waals surface area contributed by atoms with Crippen molar-refractivity contribution < 1.29 is 19.2 Å². The van der Waals surface area contributed by atoms with Crippen LogP contribution in [0.1, 0.15) is 46.4 Å². The van der Waals surface area contributed by atoms with E-state index < -0.39 is 23.8 Å². The van der Waals surface area contributed by atoms with Crippen LogP contribution in [0, 0.1) is 0 Å². The largest absolute Gasteiger partial charge is 0.369 e. The van der Waals surface area contributed by atoms with Gasteiger partial charge < -0.3 is 10.2 Å². The number of fused-ring (bicyclic) bond motifs is 1. The lowest BCUT2D eigenvalue weighted by molar-refractivity contribution is -0.136. The highest BCUT2D eigenvalue weighted by Gasteiger charge is 2.44. The van der Waals surface area contributed by atoms with Crippen LogP contribution >= 0.6 is 12.4 Å². The number of amides is 4. The Hall–Kier alpha value is -2.49. The number of rotatable bonds is 3. The second-order valence-corrected chi connectivity index (χ2v) is 8.68. The van der Waals surface area contributed by atoms with E-state index in [-0.39, 0.29) is 31.2 Å². The Bertz CT molecular complexity index is 940. The Labute approximate surface area is 192 Å². The summed E-state index contributed by atoms with van der Waals surface area (Å²) in [6.45, 7) is 5.88. The maximum Gasteiger partial charge on any atom is 0.262 e.